The molecule has 36 heavy (non-hydrogen) atoms. The highest BCUT2D eigenvalue weighted by Gasteiger charge is 2.39. The van der Waals surface area contributed by atoms with Crippen LogP contribution in [-0.2, 0) is 22.7 Å². The van der Waals surface area contributed by atoms with Gasteiger partial charge in [0.25, 0.3) is 0 Å². The van der Waals surface area contributed by atoms with Crippen LogP contribution >= 0.6 is 0 Å². The highest BCUT2D eigenvalue weighted by Crippen LogP contribution is 2.39. The van der Waals surface area contributed by atoms with Gasteiger partial charge >= 0.3 is 0 Å². The summed E-state index contributed by atoms with van der Waals surface area (Å²) in [5, 5.41) is 3.07. The minimum absolute atomic E-state index is 0.0622. The number of hydrogen-bond acceptors (Lipinski definition) is 5. The fourth-order valence-electron chi connectivity index (χ4n) is 6.45. The first kappa shape index (κ1) is 24.9. The molecule has 1 saturated carbocycles. The Balaban J connectivity index is 1.35. The number of fused-ring (bicyclic) bond motifs is 1. The van der Waals surface area contributed by atoms with Crippen molar-refractivity contribution in [2.75, 3.05) is 18.5 Å². The Morgan fingerprint density at radius 3 is 2.44 bits per heavy atom. The number of ketones is 1. The number of nitrogens with one attached hydrogen (secondary N) is 1. The molecule has 1 aromatic heterocycles. The van der Waals surface area contributed by atoms with Crippen LogP contribution in [0, 0.1) is 11.8 Å². The Labute approximate surface area is 215 Å². The third-order valence-corrected chi connectivity index (χ3v) is 8.73. The third-order valence-electron chi connectivity index (χ3n) is 8.73. The van der Waals surface area contributed by atoms with Gasteiger partial charge in [-0.2, -0.15) is 0 Å². The lowest BCUT2D eigenvalue weighted by Crippen LogP contribution is -2.42. The molecule has 6 nitrogen and oxygen atoms in total. The van der Waals surface area contributed by atoms with E-state index >= 15 is 0 Å². The largest absolute Gasteiger partial charge is 0.348 e. The summed E-state index contributed by atoms with van der Waals surface area (Å²) >= 11 is 0. The van der Waals surface area contributed by atoms with Crippen LogP contribution in [0.2, 0.25) is 0 Å². The number of aromatic nitrogens is 1. The molecule has 0 radical (unpaired) electrons. The minimum atomic E-state index is -0.217. The molecule has 1 N–H and O–H groups in total. The first-order chi connectivity index (χ1) is 17.5. The van der Waals surface area contributed by atoms with Crippen molar-refractivity contribution in [3.63, 3.8) is 0 Å². The van der Waals surface area contributed by atoms with E-state index < -0.39 is 0 Å². The Morgan fingerprint density at radius 1 is 1.03 bits per heavy atom. The average molecular weight is 489 g/mol. The van der Waals surface area contributed by atoms with E-state index in [9.17, 15) is 9.59 Å². The van der Waals surface area contributed by atoms with Crippen molar-refractivity contribution < 1.29 is 9.59 Å². The van der Waals surface area contributed by atoms with Gasteiger partial charge in [-0.1, -0.05) is 43.5 Å². The van der Waals surface area contributed by atoms with Gasteiger partial charge in [0, 0.05) is 38.2 Å². The smallest absolute Gasteiger partial charge is 0.226 e. The second-order valence-corrected chi connectivity index (χ2v) is 10.9. The molecule has 2 fully saturated rings. The van der Waals surface area contributed by atoms with Crippen molar-refractivity contribution in [3.8, 4) is 0 Å². The number of nitrogens with zero attached hydrogens (tertiary/aromatic N) is 3. The van der Waals surface area contributed by atoms with Crippen LogP contribution in [0.1, 0.15) is 81.0 Å². The number of carbonyl (C=O) groups is 2. The molecule has 1 aromatic carbocycles. The molecule has 1 aliphatic carbocycles. The first-order valence-electron chi connectivity index (χ1n) is 13.8. The van der Waals surface area contributed by atoms with Crippen molar-refractivity contribution in [3.05, 3.63) is 59.3 Å². The maximum absolute atomic E-state index is 14.1. The Bertz CT molecular complexity index is 1060. The number of anilines is 1. The Hall–Kier alpha value is -2.73. The molecule has 5 rings (SSSR count). The Morgan fingerprint density at radius 2 is 1.75 bits per heavy atom. The predicted octanol–water partition coefficient (Wildman–Crippen LogP) is 5.03. The summed E-state index contributed by atoms with van der Waals surface area (Å²) in [6.45, 7) is 4.42. The van der Waals surface area contributed by atoms with Gasteiger partial charge in [-0.15, -0.1) is 0 Å². The maximum Gasteiger partial charge on any atom is 0.226 e. The van der Waals surface area contributed by atoms with Crippen LogP contribution in [0.3, 0.4) is 0 Å². The summed E-state index contributed by atoms with van der Waals surface area (Å²) in [4.78, 5) is 36.1. The van der Waals surface area contributed by atoms with Crippen LogP contribution in [0.25, 0.3) is 0 Å². The molecule has 3 heterocycles. The Kier molecular flexibility index (Phi) is 7.70. The highest BCUT2D eigenvalue weighted by atomic mass is 16.2. The minimum Gasteiger partial charge on any atom is -0.348 e. The molecule has 3 unspecified atom stereocenters. The van der Waals surface area contributed by atoms with E-state index in [1.807, 2.05) is 20.2 Å². The molecule has 6 heteroatoms. The molecule has 192 valence electrons. The first-order valence-corrected chi connectivity index (χ1v) is 13.8. The number of likely N-dealkylation sites (N-methyl/N-ethyl adjacent to an activating group) is 1. The lowest BCUT2D eigenvalue weighted by Gasteiger charge is -2.35. The second kappa shape index (κ2) is 11.1. The molecular weight excluding hydrogens is 448 g/mol. The quantitative estimate of drug-likeness (QED) is 0.565. The normalized spacial score (nSPS) is 21.9. The summed E-state index contributed by atoms with van der Waals surface area (Å²) in [6.07, 6.45) is 9.91. The van der Waals surface area contributed by atoms with Crippen molar-refractivity contribution in [1.82, 2.24) is 15.2 Å². The molecular formula is C30H40N4O2. The predicted molar refractivity (Wildman–Crippen MR) is 142 cm³/mol. The lowest BCUT2D eigenvalue weighted by molar-refractivity contribution is -0.141. The molecule has 3 aliphatic rings. The van der Waals surface area contributed by atoms with Crippen LogP contribution in [0.5, 0.6) is 0 Å². The van der Waals surface area contributed by atoms with Gasteiger partial charge in [-0.25, -0.2) is 4.98 Å². The zero-order valence-corrected chi connectivity index (χ0v) is 21.8. The SMILES string of the molecule is CNC(C)C(=O)CC(C(=O)N1CCCC1c1ccnc(N2Cc3ccccc3C2)c1)C1CCCCC1. The van der Waals surface area contributed by atoms with Crippen LogP contribution in [0.15, 0.2) is 42.6 Å². The van der Waals surface area contributed by atoms with Gasteiger partial charge in [0.2, 0.25) is 5.91 Å². The second-order valence-electron chi connectivity index (χ2n) is 10.9. The van der Waals surface area contributed by atoms with E-state index in [0.717, 1.165) is 51.1 Å². The number of likely N-dealkylation sites (tertiary alicyclic amines) is 1. The lowest BCUT2D eigenvalue weighted by atomic mass is 9.76. The van der Waals surface area contributed by atoms with Gasteiger partial charge in [0.1, 0.15) is 11.6 Å². The molecule has 1 amide bonds. The van der Waals surface area contributed by atoms with E-state index in [1.54, 1.807) is 0 Å². The van der Waals surface area contributed by atoms with Crippen molar-refractivity contribution in [2.45, 2.75) is 83.5 Å². The average Bonchev–Trinajstić information content (AvgIpc) is 3.59. The number of amides is 1. The van der Waals surface area contributed by atoms with Gasteiger partial charge in [-0.05, 0) is 74.4 Å². The monoisotopic (exact) mass is 488 g/mol. The topological polar surface area (TPSA) is 65.5 Å². The molecule has 3 atom stereocenters. The van der Waals surface area contributed by atoms with Crippen molar-refractivity contribution >= 4 is 17.5 Å². The van der Waals surface area contributed by atoms with E-state index in [1.165, 1.54) is 36.0 Å². The number of Topliss-reactive ketones (excluding diaryl/α,β-unsaturated/α-hetero) is 1. The molecule has 0 spiro atoms. The zero-order valence-electron chi connectivity index (χ0n) is 21.8. The fraction of sp³-hybridized carbons (Fsp3) is 0.567. The summed E-state index contributed by atoms with van der Waals surface area (Å²) in [5.74, 6) is 1.43. The highest BCUT2D eigenvalue weighted by molar-refractivity contribution is 5.90. The summed E-state index contributed by atoms with van der Waals surface area (Å²) in [6, 6.07) is 12.7. The number of benzene rings is 1. The maximum atomic E-state index is 14.1. The standard InChI is InChI=1S/C30H40N4O2/c1-21(31-2)28(35)18-26(22-9-4-3-5-10-22)30(36)34-16-8-13-27(34)23-14-15-32-29(17-23)33-19-24-11-6-7-12-25(24)20-33/h6-7,11-12,14-15,17,21-22,26-27,31H,3-5,8-10,13,16,18-20H2,1-2H3. The molecule has 1 saturated heterocycles. The third kappa shape index (κ3) is 5.19. The van der Waals surface area contributed by atoms with E-state index in [4.69, 9.17) is 4.98 Å². The van der Waals surface area contributed by atoms with Crippen molar-refractivity contribution in [2.24, 2.45) is 11.8 Å². The van der Waals surface area contributed by atoms with Crippen molar-refractivity contribution in [1.29, 1.82) is 0 Å². The molecule has 2 aromatic rings. The van der Waals surface area contributed by atoms with Crippen LogP contribution in [-0.4, -0.2) is 41.2 Å². The van der Waals surface area contributed by atoms with Gasteiger partial charge < -0.3 is 15.1 Å². The summed E-state index contributed by atoms with van der Waals surface area (Å²) < 4.78 is 0. The number of carbonyl (C=O) groups excluding carboxylic acids is 2. The van der Waals surface area contributed by atoms with E-state index in [-0.39, 0.29) is 29.7 Å². The molecule has 2 aliphatic heterocycles. The van der Waals surface area contributed by atoms with Crippen LogP contribution < -0.4 is 10.2 Å². The number of hydrogen-bond donors (Lipinski definition) is 1. The van der Waals surface area contributed by atoms with Gasteiger partial charge in [-0.3, -0.25) is 9.59 Å². The van der Waals surface area contributed by atoms with Crippen LogP contribution in [0.4, 0.5) is 5.82 Å². The summed E-state index contributed by atoms with van der Waals surface area (Å²) in [7, 11) is 1.82. The van der Waals surface area contributed by atoms with Gasteiger partial charge in [0.05, 0.1) is 12.1 Å². The van der Waals surface area contributed by atoms with E-state index in [2.05, 4.69) is 51.5 Å². The molecule has 0 bridgehead atoms. The summed E-state index contributed by atoms with van der Waals surface area (Å²) in [5.41, 5.74) is 3.88. The number of rotatable bonds is 8. The van der Waals surface area contributed by atoms with Gasteiger partial charge in [0.15, 0.2) is 0 Å². The zero-order chi connectivity index (χ0) is 25.1. The fourth-order valence-corrected chi connectivity index (χ4v) is 6.45. The number of pyridine rings is 1. The van der Waals surface area contributed by atoms with E-state index in [0.29, 0.717) is 12.3 Å².